The molecule has 2 nitrogen and oxygen atoms in total. The minimum atomic E-state index is 0.641. The Balaban J connectivity index is 1.92. The summed E-state index contributed by atoms with van der Waals surface area (Å²) in [5.74, 6) is 0.641. The first kappa shape index (κ1) is 14.1. The molecule has 2 aromatic rings. The van der Waals surface area contributed by atoms with Crippen LogP contribution in [-0.4, -0.2) is 4.98 Å². The fourth-order valence-corrected chi connectivity index (χ4v) is 2.75. The van der Waals surface area contributed by atoms with E-state index in [9.17, 15) is 0 Å². The van der Waals surface area contributed by atoms with Crippen molar-refractivity contribution in [3.63, 3.8) is 0 Å². The lowest BCUT2D eigenvalue weighted by Gasteiger charge is -2.10. The molecule has 1 heterocycles. The average Bonchev–Trinajstić information content (AvgIpc) is 2.93. The molecule has 1 aromatic carbocycles. The zero-order chi connectivity index (χ0) is 13.7. The smallest absolute Gasteiger partial charge is 0.0925 e. The number of benzene rings is 1. The first-order valence-corrected chi connectivity index (χ1v) is 7.82. The lowest BCUT2D eigenvalue weighted by atomic mass is 9.99. The van der Waals surface area contributed by atoms with E-state index in [1.54, 1.807) is 11.3 Å². The average molecular weight is 274 g/mol. The van der Waals surface area contributed by atoms with Crippen LogP contribution in [0.5, 0.6) is 0 Å². The molecule has 19 heavy (non-hydrogen) atoms. The van der Waals surface area contributed by atoms with Gasteiger partial charge in [0.15, 0.2) is 0 Å². The Hall–Kier alpha value is -1.35. The van der Waals surface area contributed by atoms with Gasteiger partial charge in [0.05, 0.1) is 11.6 Å². The molecule has 0 aliphatic heterocycles. The molecule has 0 amide bonds. The molecule has 0 saturated heterocycles. The van der Waals surface area contributed by atoms with Gasteiger partial charge >= 0.3 is 0 Å². The van der Waals surface area contributed by atoms with Crippen molar-refractivity contribution in [1.29, 1.82) is 0 Å². The van der Waals surface area contributed by atoms with Gasteiger partial charge in [0.2, 0.25) is 0 Å². The third kappa shape index (κ3) is 3.80. The van der Waals surface area contributed by atoms with Gasteiger partial charge in [-0.1, -0.05) is 32.9 Å². The van der Waals surface area contributed by atoms with E-state index < -0.39 is 0 Å². The highest BCUT2D eigenvalue weighted by Gasteiger charge is 2.03. The number of nitrogens with one attached hydrogen (secondary N) is 1. The third-order valence-corrected chi connectivity index (χ3v) is 4.60. The quantitative estimate of drug-likeness (QED) is 0.816. The van der Waals surface area contributed by atoms with Gasteiger partial charge in [-0.05, 0) is 36.5 Å². The van der Waals surface area contributed by atoms with E-state index in [2.05, 4.69) is 55.3 Å². The molecule has 2 rings (SSSR count). The second kappa shape index (κ2) is 6.71. The van der Waals surface area contributed by atoms with Gasteiger partial charge in [-0.3, -0.25) is 0 Å². The SMILES string of the molecule is CCc1ncc(CNc2ccc(C(C)CC)cc2)s1. The molecular formula is C16H22N2S. The van der Waals surface area contributed by atoms with Crippen LogP contribution in [0.15, 0.2) is 30.5 Å². The molecule has 1 unspecified atom stereocenters. The highest BCUT2D eigenvalue weighted by Crippen LogP contribution is 2.21. The van der Waals surface area contributed by atoms with Crippen LogP contribution in [0.3, 0.4) is 0 Å². The van der Waals surface area contributed by atoms with E-state index in [-0.39, 0.29) is 0 Å². The Morgan fingerprint density at radius 2 is 1.95 bits per heavy atom. The Labute approximate surface area is 119 Å². The van der Waals surface area contributed by atoms with E-state index in [0.29, 0.717) is 5.92 Å². The monoisotopic (exact) mass is 274 g/mol. The zero-order valence-electron chi connectivity index (χ0n) is 11.9. The molecule has 0 fully saturated rings. The molecule has 0 radical (unpaired) electrons. The standard InChI is InChI=1S/C16H22N2S/c1-4-12(3)13-6-8-14(9-7-13)17-10-15-11-18-16(5-2)19-15/h6-9,11-12,17H,4-5,10H2,1-3H3. The van der Waals surface area contributed by atoms with Crippen molar-refractivity contribution in [3.05, 3.63) is 45.9 Å². The van der Waals surface area contributed by atoms with Gasteiger partial charge in [0, 0.05) is 16.8 Å². The van der Waals surface area contributed by atoms with Crippen molar-refractivity contribution in [2.75, 3.05) is 5.32 Å². The van der Waals surface area contributed by atoms with Crippen LogP contribution >= 0.6 is 11.3 Å². The molecule has 1 atom stereocenters. The minimum Gasteiger partial charge on any atom is -0.380 e. The number of aryl methyl sites for hydroxylation is 1. The molecule has 1 N–H and O–H groups in total. The molecule has 1 aromatic heterocycles. The van der Waals surface area contributed by atoms with E-state index in [1.165, 1.54) is 27.6 Å². The second-order valence-corrected chi connectivity index (χ2v) is 6.06. The van der Waals surface area contributed by atoms with Crippen molar-refractivity contribution in [2.45, 2.75) is 46.1 Å². The van der Waals surface area contributed by atoms with Crippen molar-refractivity contribution in [2.24, 2.45) is 0 Å². The molecule has 0 bridgehead atoms. The Morgan fingerprint density at radius 1 is 1.21 bits per heavy atom. The first-order chi connectivity index (χ1) is 9.22. The van der Waals surface area contributed by atoms with Gasteiger partial charge in [-0.2, -0.15) is 0 Å². The van der Waals surface area contributed by atoms with Crippen molar-refractivity contribution in [1.82, 2.24) is 4.98 Å². The maximum absolute atomic E-state index is 4.37. The number of anilines is 1. The molecule has 3 heteroatoms. The van der Waals surface area contributed by atoms with E-state index in [0.717, 1.165) is 13.0 Å². The van der Waals surface area contributed by atoms with Crippen LogP contribution in [0.1, 0.15) is 48.6 Å². The fourth-order valence-electron chi connectivity index (χ4n) is 1.95. The maximum atomic E-state index is 4.37. The predicted octanol–water partition coefficient (Wildman–Crippen LogP) is 4.83. The number of hydrogen-bond donors (Lipinski definition) is 1. The minimum absolute atomic E-state index is 0.641. The van der Waals surface area contributed by atoms with Crippen molar-refractivity contribution >= 4 is 17.0 Å². The van der Waals surface area contributed by atoms with Crippen LogP contribution in [0.25, 0.3) is 0 Å². The Morgan fingerprint density at radius 3 is 2.53 bits per heavy atom. The van der Waals surface area contributed by atoms with Crippen LogP contribution < -0.4 is 5.32 Å². The molecule has 0 saturated carbocycles. The van der Waals surface area contributed by atoms with Crippen LogP contribution in [-0.2, 0) is 13.0 Å². The van der Waals surface area contributed by atoms with Crippen molar-refractivity contribution in [3.8, 4) is 0 Å². The highest BCUT2D eigenvalue weighted by molar-refractivity contribution is 7.11. The van der Waals surface area contributed by atoms with Crippen molar-refractivity contribution < 1.29 is 0 Å². The molecule has 0 aliphatic carbocycles. The van der Waals surface area contributed by atoms with E-state index in [1.807, 2.05) is 6.20 Å². The van der Waals surface area contributed by atoms with E-state index >= 15 is 0 Å². The number of nitrogens with zero attached hydrogens (tertiary/aromatic N) is 1. The normalized spacial score (nSPS) is 12.4. The summed E-state index contributed by atoms with van der Waals surface area (Å²) in [4.78, 5) is 5.67. The van der Waals surface area contributed by atoms with Crippen LogP contribution in [0.4, 0.5) is 5.69 Å². The lowest BCUT2D eigenvalue weighted by molar-refractivity contribution is 0.734. The maximum Gasteiger partial charge on any atom is 0.0925 e. The van der Waals surface area contributed by atoms with Gasteiger partial charge in [0.1, 0.15) is 0 Å². The van der Waals surface area contributed by atoms with Crippen LogP contribution in [0, 0.1) is 0 Å². The summed E-state index contributed by atoms with van der Waals surface area (Å²) >= 11 is 1.79. The predicted molar refractivity (Wildman–Crippen MR) is 84.0 cm³/mol. The second-order valence-electron chi connectivity index (χ2n) is 4.86. The Kier molecular flexibility index (Phi) is 4.97. The lowest BCUT2D eigenvalue weighted by Crippen LogP contribution is -1.98. The first-order valence-electron chi connectivity index (χ1n) is 7.00. The molecule has 102 valence electrons. The number of aromatic nitrogens is 1. The van der Waals surface area contributed by atoms with Crippen LogP contribution in [0.2, 0.25) is 0 Å². The number of hydrogen-bond acceptors (Lipinski definition) is 3. The summed E-state index contributed by atoms with van der Waals surface area (Å²) < 4.78 is 0. The van der Waals surface area contributed by atoms with Gasteiger partial charge in [-0.15, -0.1) is 11.3 Å². The van der Waals surface area contributed by atoms with Gasteiger partial charge in [0.25, 0.3) is 0 Å². The molecular weight excluding hydrogens is 252 g/mol. The summed E-state index contributed by atoms with van der Waals surface area (Å²) in [6, 6.07) is 8.79. The van der Waals surface area contributed by atoms with E-state index in [4.69, 9.17) is 0 Å². The largest absolute Gasteiger partial charge is 0.380 e. The fraction of sp³-hybridized carbons (Fsp3) is 0.438. The topological polar surface area (TPSA) is 24.9 Å². The van der Waals surface area contributed by atoms with Gasteiger partial charge in [-0.25, -0.2) is 4.98 Å². The molecule has 0 spiro atoms. The molecule has 0 aliphatic rings. The summed E-state index contributed by atoms with van der Waals surface area (Å²) in [7, 11) is 0. The summed E-state index contributed by atoms with van der Waals surface area (Å²) in [5.41, 5.74) is 2.60. The summed E-state index contributed by atoms with van der Waals surface area (Å²) in [6.45, 7) is 7.50. The number of rotatable bonds is 6. The number of thiazole rings is 1. The Bertz CT molecular complexity index is 502. The zero-order valence-corrected chi connectivity index (χ0v) is 12.8. The summed E-state index contributed by atoms with van der Waals surface area (Å²) in [5, 5.41) is 4.66. The highest BCUT2D eigenvalue weighted by atomic mass is 32.1. The third-order valence-electron chi connectivity index (χ3n) is 3.46. The van der Waals surface area contributed by atoms with Gasteiger partial charge < -0.3 is 5.32 Å². The summed E-state index contributed by atoms with van der Waals surface area (Å²) in [6.07, 6.45) is 4.19.